The molecule has 0 radical (unpaired) electrons. The van der Waals surface area contributed by atoms with Crippen LogP contribution in [0.3, 0.4) is 0 Å². The Morgan fingerprint density at radius 1 is 1.39 bits per heavy atom. The van der Waals surface area contributed by atoms with Crippen LogP contribution in [0.25, 0.3) is 0 Å². The van der Waals surface area contributed by atoms with Crippen molar-refractivity contribution < 1.29 is 9.90 Å². The molecule has 1 unspecified atom stereocenters. The van der Waals surface area contributed by atoms with E-state index in [0.717, 1.165) is 30.9 Å². The highest BCUT2D eigenvalue weighted by Gasteiger charge is 2.25. The standard InChI is InChI=1S/C14H20N2O2/c1-10-5-4-6-12(14(17)18)13(10)16-8-7-15(3)11(2)9-16/h4-6,11H,7-9H2,1-3H3,(H,17,18). The van der Waals surface area contributed by atoms with E-state index in [-0.39, 0.29) is 0 Å². The van der Waals surface area contributed by atoms with Crippen LogP contribution in [-0.4, -0.2) is 48.7 Å². The zero-order chi connectivity index (χ0) is 13.3. The van der Waals surface area contributed by atoms with Gasteiger partial charge in [0.15, 0.2) is 0 Å². The summed E-state index contributed by atoms with van der Waals surface area (Å²) in [6.45, 7) is 6.87. The third-order valence-electron chi connectivity index (χ3n) is 3.74. The Morgan fingerprint density at radius 2 is 2.11 bits per heavy atom. The maximum absolute atomic E-state index is 11.3. The number of carbonyl (C=O) groups is 1. The zero-order valence-electron chi connectivity index (χ0n) is 11.2. The van der Waals surface area contributed by atoms with E-state index in [1.54, 1.807) is 6.07 Å². The number of carboxylic acid groups (broad SMARTS) is 1. The van der Waals surface area contributed by atoms with Crippen LogP contribution >= 0.6 is 0 Å². The molecule has 1 aliphatic rings. The van der Waals surface area contributed by atoms with Crippen molar-refractivity contribution in [3.63, 3.8) is 0 Å². The van der Waals surface area contributed by atoms with E-state index in [4.69, 9.17) is 0 Å². The SMILES string of the molecule is Cc1cccc(C(=O)O)c1N1CCN(C)C(C)C1. The first-order chi connectivity index (χ1) is 8.50. The predicted octanol–water partition coefficient (Wildman–Crippen LogP) is 1.83. The van der Waals surface area contributed by atoms with E-state index in [2.05, 4.69) is 23.8 Å². The van der Waals surface area contributed by atoms with E-state index in [1.807, 2.05) is 19.1 Å². The largest absolute Gasteiger partial charge is 0.478 e. The summed E-state index contributed by atoms with van der Waals surface area (Å²) in [5.41, 5.74) is 2.32. The van der Waals surface area contributed by atoms with E-state index in [0.29, 0.717) is 11.6 Å². The van der Waals surface area contributed by atoms with Gasteiger partial charge in [0.2, 0.25) is 0 Å². The van der Waals surface area contributed by atoms with Crippen LogP contribution in [-0.2, 0) is 0 Å². The lowest BCUT2D eigenvalue weighted by Gasteiger charge is -2.40. The molecule has 0 aliphatic carbocycles. The molecule has 1 atom stereocenters. The van der Waals surface area contributed by atoms with Crippen LogP contribution in [0.4, 0.5) is 5.69 Å². The van der Waals surface area contributed by atoms with Crippen LogP contribution in [0.5, 0.6) is 0 Å². The lowest BCUT2D eigenvalue weighted by molar-refractivity contribution is 0.0697. The van der Waals surface area contributed by atoms with Gasteiger partial charge < -0.3 is 14.9 Å². The normalized spacial score (nSPS) is 21.1. The van der Waals surface area contributed by atoms with Crippen LogP contribution < -0.4 is 4.90 Å². The number of aryl methyl sites for hydroxylation is 1. The van der Waals surface area contributed by atoms with Crippen LogP contribution in [0.15, 0.2) is 18.2 Å². The molecule has 1 aliphatic heterocycles. The summed E-state index contributed by atoms with van der Waals surface area (Å²) in [5.74, 6) is -0.847. The van der Waals surface area contributed by atoms with Crippen molar-refractivity contribution in [1.82, 2.24) is 4.90 Å². The van der Waals surface area contributed by atoms with Gasteiger partial charge in [-0.25, -0.2) is 4.79 Å². The monoisotopic (exact) mass is 248 g/mol. The van der Waals surface area contributed by atoms with Crippen molar-refractivity contribution in [3.05, 3.63) is 29.3 Å². The van der Waals surface area contributed by atoms with Gasteiger partial charge in [0.05, 0.1) is 11.3 Å². The number of hydrogen-bond donors (Lipinski definition) is 1. The lowest BCUT2D eigenvalue weighted by Crippen LogP contribution is -2.50. The molecule has 0 amide bonds. The summed E-state index contributed by atoms with van der Waals surface area (Å²) in [6.07, 6.45) is 0. The summed E-state index contributed by atoms with van der Waals surface area (Å²) in [5, 5.41) is 9.30. The number of benzene rings is 1. The van der Waals surface area contributed by atoms with E-state index < -0.39 is 5.97 Å². The first kappa shape index (κ1) is 12.9. The molecule has 4 nitrogen and oxygen atoms in total. The number of likely N-dealkylation sites (N-methyl/N-ethyl adjacent to an activating group) is 1. The number of aromatic carboxylic acids is 1. The fourth-order valence-corrected chi connectivity index (χ4v) is 2.50. The van der Waals surface area contributed by atoms with E-state index in [1.165, 1.54) is 0 Å². The van der Waals surface area contributed by atoms with Crippen LogP contribution in [0.2, 0.25) is 0 Å². The predicted molar refractivity (Wildman–Crippen MR) is 72.4 cm³/mol. The maximum Gasteiger partial charge on any atom is 0.337 e. The Balaban J connectivity index is 2.36. The molecule has 1 N–H and O–H groups in total. The van der Waals surface area contributed by atoms with E-state index >= 15 is 0 Å². The van der Waals surface area contributed by atoms with Gasteiger partial charge in [0.25, 0.3) is 0 Å². The van der Waals surface area contributed by atoms with Crippen molar-refractivity contribution in [2.24, 2.45) is 0 Å². The van der Waals surface area contributed by atoms with Gasteiger partial charge in [0, 0.05) is 25.7 Å². The molecule has 1 aromatic rings. The Labute approximate surface area is 108 Å². The number of para-hydroxylation sites is 1. The number of nitrogens with zero attached hydrogens (tertiary/aromatic N) is 2. The van der Waals surface area contributed by atoms with Gasteiger partial charge in [-0.1, -0.05) is 12.1 Å². The molecule has 0 bridgehead atoms. The average Bonchev–Trinajstić information content (AvgIpc) is 2.32. The average molecular weight is 248 g/mol. The fourth-order valence-electron chi connectivity index (χ4n) is 2.50. The number of anilines is 1. The van der Waals surface area contributed by atoms with Gasteiger partial charge in [-0.15, -0.1) is 0 Å². The fraction of sp³-hybridized carbons (Fsp3) is 0.500. The molecule has 4 heteroatoms. The third-order valence-corrected chi connectivity index (χ3v) is 3.74. The molecule has 18 heavy (non-hydrogen) atoms. The second-order valence-electron chi connectivity index (χ2n) is 5.05. The number of rotatable bonds is 2. The zero-order valence-corrected chi connectivity index (χ0v) is 11.2. The molecular weight excluding hydrogens is 228 g/mol. The third kappa shape index (κ3) is 2.34. The quantitative estimate of drug-likeness (QED) is 0.867. The van der Waals surface area contributed by atoms with Crippen molar-refractivity contribution in [2.75, 3.05) is 31.6 Å². The molecule has 0 spiro atoms. The second kappa shape index (κ2) is 4.98. The highest BCUT2D eigenvalue weighted by Crippen LogP contribution is 2.27. The summed E-state index contributed by atoms with van der Waals surface area (Å²) < 4.78 is 0. The van der Waals surface area contributed by atoms with Crippen LogP contribution in [0, 0.1) is 6.92 Å². The first-order valence-electron chi connectivity index (χ1n) is 6.29. The minimum Gasteiger partial charge on any atom is -0.478 e. The Kier molecular flexibility index (Phi) is 3.57. The van der Waals surface area contributed by atoms with Gasteiger partial charge in [-0.2, -0.15) is 0 Å². The first-order valence-corrected chi connectivity index (χ1v) is 6.29. The highest BCUT2D eigenvalue weighted by molar-refractivity contribution is 5.95. The number of carboxylic acids is 1. The lowest BCUT2D eigenvalue weighted by atomic mass is 10.0. The smallest absolute Gasteiger partial charge is 0.337 e. The summed E-state index contributed by atoms with van der Waals surface area (Å²) >= 11 is 0. The number of hydrogen-bond acceptors (Lipinski definition) is 3. The van der Waals surface area contributed by atoms with Crippen molar-refractivity contribution in [3.8, 4) is 0 Å². The van der Waals surface area contributed by atoms with Crippen LogP contribution in [0.1, 0.15) is 22.8 Å². The topological polar surface area (TPSA) is 43.8 Å². The molecule has 2 rings (SSSR count). The summed E-state index contributed by atoms with van der Waals surface area (Å²) in [7, 11) is 2.11. The maximum atomic E-state index is 11.3. The minimum absolute atomic E-state index is 0.409. The summed E-state index contributed by atoms with van der Waals surface area (Å²) in [6, 6.07) is 5.92. The second-order valence-corrected chi connectivity index (χ2v) is 5.05. The molecular formula is C14H20N2O2. The Hall–Kier alpha value is -1.55. The van der Waals surface area contributed by atoms with Crippen molar-refractivity contribution >= 4 is 11.7 Å². The van der Waals surface area contributed by atoms with Crippen molar-refractivity contribution in [2.45, 2.75) is 19.9 Å². The van der Waals surface area contributed by atoms with Crippen molar-refractivity contribution in [1.29, 1.82) is 0 Å². The van der Waals surface area contributed by atoms with Gasteiger partial charge in [-0.3, -0.25) is 0 Å². The van der Waals surface area contributed by atoms with E-state index in [9.17, 15) is 9.90 Å². The number of piperazine rings is 1. The molecule has 1 saturated heterocycles. The molecule has 98 valence electrons. The summed E-state index contributed by atoms with van der Waals surface area (Å²) in [4.78, 5) is 15.8. The molecule has 0 aromatic heterocycles. The molecule has 1 aromatic carbocycles. The van der Waals surface area contributed by atoms with Gasteiger partial charge in [0.1, 0.15) is 0 Å². The molecule has 1 fully saturated rings. The Morgan fingerprint density at radius 3 is 2.72 bits per heavy atom. The van der Waals surface area contributed by atoms with Gasteiger partial charge in [-0.05, 0) is 32.5 Å². The molecule has 1 heterocycles. The minimum atomic E-state index is -0.847. The highest BCUT2D eigenvalue weighted by atomic mass is 16.4. The Bertz CT molecular complexity index is 459. The molecule has 0 saturated carbocycles. The van der Waals surface area contributed by atoms with Gasteiger partial charge >= 0.3 is 5.97 Å².